The summed E-state index contributed by atoms with van der Waals surface area (Å²) in [6.07, 6.45) is 2.67. The van der Waals surface area contributed by atoms with Crippen molar-refractivity contribution in [2.24, 2.45) is 11.7 Å². The summed E-state index contributed by atoms with van der Waals surface area (Å²) in [5, 5.41) is 16.9. The molecule has 1 aliphatic carbocycles. The average Bonchev–Trinajstić information content (AvgIpc) is 2.88. The Morgan fingerprint density at radius 1 is 0.941 bits per heavy atom. The number of nitrogens with zero attached hydrogens (tertiary/aromatic N) is 3. The second kappa shape index (κ2) is 10.6. The summed E-state index contributed by atoms with van der Waals surface area (Å²) in [6, 6.07) is 17.7. The summed E-state index contributed by atoms with van der Waals surface area (Å²) in [7, 11) is 0. The lowest BCUT2D eigenvalue weighted by molar-refractivity contribution is -0.143. The van der Waals surface area contributed by atoms with E-state index in [0.717, 1.165) is 37.2 Å². The van der Waals surface area contributed by atoms with E-state index >= 15 is 0 Å². The molecule has 2 fully saturated rings. The number of hydrogen-bond donors (Lipinski definition) is 3. The molecule has 0 radical (unpaired) electrons. The highest BCUT2D eigenvalue weighted by Gasteiger charge is 2.34. The van der Waals surface area contributed by atoms with Crippen molar-refractivity contribution in [1.82, 2.24) is 9.80 Å². The number of anilines is 1. The molecule has 2 aromatic carbocycles. The van der Waals surface area contributed by atoms with Crippen LogP contribution in [0.3, 0.4) is 0 Å². The summed E-state index contributed by atoms with van der Waals surface area (Å²) in [5.74, 6) is -0.979. The van der Waals surface area contributed by atoms with E-state index in [2.05, 4.69) is 4.90 Å². The molecule has 8 heteroatoms. The van der Waals surface area contributed by atoms with Gasteiger partial charge in [-0.15, -0.1) is 0 Å². The van der Waals surface area contributed by atoms with Crippen LogP contribution in [0.15, 0.2) is 54.6 Å². The Kier molecular flexibility index (Phi) is 7.35. The highest BCUT2D eigenvalue weighted by atomic mass is 16.4. The number of urea groups is 1. The van der Waals surface area contributed by atoms with Crippen LogP contribution >= 0.6 is 0 Å². The Morgan fingerprint density at radius 3 is 2.12 bits per heavy atom. The maximum Gasteiger partial charge on any atom is 0.320 e. The zero-order valence-corrected chi connectivity index (χ0v) is 19.4. The molecule has 4 N–H and O–H groups in total. The fourth-order valence-corrected chi connectivity index (χ4v) is 4.96. The number of carbonyl (C=O) groups excluding carboxylic acids is 1. The van der Waals surface area contributed by atoms with E-state index in [0.29, 0.717) is 38.0 Å². The average molecular weight is 464 g/mol. The number of nitrogens with two attached hydrogens (primary N) is 1. The van der Waals surface area contributed by atoms with Crippen LogP contribution in [0.25, 0.3) is 0 Å². The fraction of sp³-hybridized carbons (Fsp3) is 0.423. The first-order valence-corrected chi connectivity index (χ1v) is 11.9. The third-order valence-corrected chi connectivity index (χ3v) is 7.02. The largest absolute Gasteiger partial charge is 0.481 e. The smallest absolute Gasteiger partial charge is 0.320 e. The molecule has 0 bridgehead atoms. The van der Waals surface area contributed by atoms with Crippen LogP contribution in [0.4, 0.5) is 10.5 Å². The van der Waals surface area contributed by atoms with E-state index in [-0.39, 0.29) is 23.8 Å². The van der Waals surface area contributed by atoms with E-state index in [4.69, 9.17) is 11.1 Å². The lowest BCUT2D eigenvalue weighted by Gasteiger charge is -2.42. The molecule has 8 nitrogen and oxygen atoms in total. The first-order chi connectivity index (χ1) is 16.4. The quantitative estimate of drug-likeness (QED) is 0.449. The van der Waals surface area contributed by atoms with Gasteiger partial charge in [-0.05, 0) is 55.5 Å². The van der Waals surface area contributed by atoms with E-state index in [1.165, 1.54) is 0 Å². The van der Waals surface area contributed by atoms with Crippen molar-refractivity contribution in [1.29, 1.82) is 5.41 Å². The Bertz CT molecular complexity index is 995. The number of nitrogen functional groups attached to an aromatic ring is 1. The number of rotatable bonds is 6. The molecule has 2 aromatic rings. The van der Waals surface area contributed by atoms with Gasteiger partial charge in [0.15, 0.2) is 0 Å². The number of amides is 2. The Hall–Kier alpha value is -3.55. The third-order valence-electron chi connectivity index (χ3n) is 7.02. The molecule has 1 aliphatic heterocycles. The molecule has 2 aliphatic rings. The van der Waals surface area contributed by atoms with Gasteiger partial charge in [-0.1, -0.05) is 30.3 Å². The van der Waals surface area contributed by atoms with Crippen LogP contribution < -0.4 is 10.6 Å². The molecule has 0 aromatic heterocycles. The molecule has 34 heavy (non-hydrogen) atoms. The number of carboxylic acid groups (broad SMARTS) is 1. The van der Waals surface area contributed by atoms with E-state index in [1.54, 1.807) is 0 Å². The van der Waals surface area contributed by atoms with Crippen LogP contribution in [0, 0.1) is 11.3 Å². The highest BCUT2D eigenvalue weighted by molar-refractivity contribution is 5.95. The molecule has 1 heterocycles. The van der Waals surface area contributed by atoms with E-state index in [9.17, 15) is 14.7 Å². The third kappa shape index (κ3) is 5.50. The number of amidine groups is 1. The Labute approximate surface area is 200 Å². The minimum Gasteiger partial charge on any atom is -0.481 e. The minimum absolute atomic E-state index is 0.0363. The van der Waals surface area contributed by atoms with Gasteiger partial charge in [0.2, 0.25) is 0 Å². The van der Waals surface area contributed by atoms with Gasteiger partial charge < -0.3 is 25.5 Å². The van der Waals surface area contributed by atoms with Crippen molar-refractivity contribution in [2.75, 3.05) is 31.1 Å². The van der Waals surface area contributed by atoms with Gasteiger partial charge in [0, 0.05) is 50.0 Å². The topological polar surface area (TPSA) is 114 Å². The van der Waals surface area contributed by atoms with Crippen LogP contribution in [-0.2, 0) is 11.3 Å². The highest BCUT2D eigenvalue weighted by Crippen LogP contribution is 2.30. The molecule has 4 rings (SSSR count). The van der Waals surface area contributed by atoms with Crippen molar-refractivity contribution in [3.05, 3.63) is 65.7 Å². The molecule has 0 unspecified atom stereocenters. The van der Waals surface area contributed by atoms with Gasteiger partial charge in [-0.2, -0.15) is 0 Å². The van der Waals surface area contributed by atoms with Gasteiger partial charge in [-0.3, -0.25) is 10.2 Å². The van der Waals surface area contributed by atoms with Crippen LogP contribution in [0.1, 0.15) is 36.8 Å². The van der Waals surface area contributed by atoms with Gasteiger partial charge in [-0.25, -0.2) is 4.79 Å². The van der Waals surface area contributed by atoms with Crippen molar-refractivity contribution < 1.29 is 14.7 Å². The summed E-state index contributed by atoms with van der Waals surface area (Å²) < 4.78 is 0. The normalized spacial score (nSPS) is 20.6. The van der Waals surface area contributed by atoms with Gasteiger partial charge >= 0.3 is 12.0 Å². The monoisotopic (exact) mass is 463 g/mol. The molecule has 0 spiro atoms. The first-order valence-electron chi connectivity index (χ1n) is 11.9. The number of piperazine rings is 1. The second-order valence-electron chi connectivity index (χ2n) is 9.17. The molecule has 1 saturated carbocycles. The van der Waals surface area contributed by atoms with E-state index in [1.807, 2.05) is 64.4 Å². The summed E-state index contributed by atoms with van der Waals surface area (Å²) in [5.41, 5.74) is 8.40. The zero-order chi connectivity index (χ0) is 24.1. The van der Waals surface area contributed by atoms with Crippen molar-refractivity contribution in [3.8, 4) is 0 Å². The predicted molar refractivity (Wildman–Crippen MR) is 132 cm³/mol. The molecule has 0 atom stereocenters. The molecule has 2 amide bonds. The van der Waals surface area contributed by atoms with Gasteiger partial charge in [0.25, 0.3) is 0 Å². The minimum atomic E-state index is -0.730. The maximum atomic E-state index is 13.7. The fourth-order valence-electron chi connectivity index (χ4n) is 4.96. The summed E-state index contributed by atoms with van der Waals surface area (Å²) in [6.45, 7) is 3.26. The standard InChI is InChI=1S/C26H33N5O3/c27-24(28)20-6-10-22(11-7-20)29-14-16-30(17-15-29)26(34)31(18-19-4-2-1-3-5-19)23-12-8-21(9-13-23)25(32)33/h1-7,10-11,21,23H,8-9,12-18H2,(H3,27,28)(H,32,33). The summed E-state index contributed by atoms with van der Waals surface area (Å²) in [4.78, 5) is 31.2. The van der Waals surface area contributed by atoms with Crippen molar-refractivity contribution in [2.45, 2.75) is 38.3 Å². The molecule has 1 saturated heterocycles. The maximum absolute atomic E-state index is 13.7. The van der Waals surface area contributed by atoms with Crippen LogP contribution in [-0.4, -0.2) is 65.0 Å². The number of hydrogen-bond acceptors (Lipinski definition) is 4. The predicted octanol–water partition coefficient (Wildman–Crippen LogP) is 3.36. The molecular formula is C26H33N5O3. The lowest BCUT2D eigenvalue weighted by atomic mass is 9.85. The summed E-state index contributed by atoms with van der Waals surface area (Å²) >= 11 is 0. The number of aliphatic carboxylic acids is 1. The molecular weight excluding hydrogens is 430 g/mol. The molecule has 180 valence electrons. The van der Waals surface area contributed by atoms with Crippen molar-refractivity contribution in [3.63, 3.8) is 0 Å². The first kappa shape index (κ1) is 23.6. The van der Waals surface area contributed by atoms with Gasteiger partial charge in [0.1, 0.15) is 5.84 Å². The second-order valence-corrected chi connectivity index (χ2v) is 9.17. The number of carboxylic acids is 1. The number of carbonyl (C=O) groups is 2. The van der Waals surface area contributed by atoms with E-state index < -0.39 is 5.97 Å². The lowest BCUT2D eigenvalue weighted by Crippen LogP contribution is -2.55. The number of nitrogens with one attached hydrogen (secondary N) is 1. The van der Waals surface area contributed by atoms with Gasteiger partial charge in [0.05, 0.1) is 5.92 Å². The van der Waals surface area contributed by atoms with Crippen molar-refractivity contribution >= 4 is 23.5 Å². The Balaban J connectivity index is 1.42. The van der Waals surface area contributed by atoms with Crippen LogP contribution in [0.5, 0.6) is 0 Å². The Morgan fingerprint density at radius 2 is 1.56 bits per heavy atom. The van der Waals surface area contributed by atoms with Crippen LogP contribution in [0.2, 0.25) is 0 Å². The zero-order valence-electron chi connectivity index (χ0n) is 19.4. The SMILES string of the molecule is N=C(N)c1ccc(N2CCN(C(=O)N(Cc3ccccc3)C3CCC(C(=O)O)CC3)CC2)cc1. The number of benzene rings is 2.